The molecule has 0 radical (unpaired) electrons. The van der Waals surface area contributed by atoms with Crippen molar-refractivity contribution in [3.63, 3.8) is 0 Å². The molecular formula is C10H15BrN2O3S. The van der Waals surface area contributed by atoms with Crippen molar-refractivity contribution in [1.29, 1.82) is 0 Å². The smallest absolute Gasteiger partial charge is 0.275 e. The van der Waals surface area contributed by atoms with Crippen molar-refractivity contribution < 1.29 is 12.8 Å². The maximum Gasteiger partial charge on any atom is 0.275 e. The molecule has 0 saturated carbocycles. The molecule has 0 spiro atoms. The van der Waals surface area contributed by atoms with E-state index >= 15 is 0 Å². The molecule has 17 heavy (non-hydrogen) atoms. The average molecular weight is 323 g/mol. The molecule has 0 aliphatic carbocycles. The first-order valence-electron chi connectivity index (χ1n) is 4.89. The molecule has 0 saturated heterocycles. The van der Waals surface area contributed by atoms with Crippen LogP contribution in [0.1, 0.15) is 5.76 Å². The van der Waals surface area contributed by atoms with Crippen molar-refractivity contribution in [2.24, 2.45) is 0 Å². The molecule has 0 fully saturated rings. The lowest BCUT2D eigenvalue weighted by Gasteiger charge is -2.07. The molecule has 0 bridgehead atoms. The molecule has 1 rings (SSSR count). The highest BCUT2D eigenvalue weighted by Crippen LogP contribution is 2.16. The second-order valence-electron chi connectivity index (χ2n) is 3.63. The Morgan fingerprint density at radius 1 is 1.53 bits per heavy atom. The lowest BCUT2D eigenvalue weighted by Crippen LogP contribution is -2.21. The van der Waals surface area contributed by atoms with Gasteiger partial charge in [-0.25, -0.2) is 12.7 Å². The molecule has 96 valence electrons. The molecule has 1 N–H and O–H groups in total. The Morgan fingerprint density at radius 2 is 2.18 bits per heavy atom. The average Bonchev–Trinajstić information content (AvgIpc) is 2.66. The molecule has 0 amide bonds. The molecular weight excluding hydrogens is 308 g/mol. The highest BCUT2D eigenvalue weighted by atomic mass is 79.9. The number of furan rings is 1. The van der Waals surface area contributed by atoms with Crippen molar-refractivity contribution in [1.82, 2.24) is 9.62 Å². The fourth-order valence-corrected chi connectivity index (χ4v) is 2.10. The van der Waals surface area contributed by atoms with Crippen LogP contribution < -0.4 is 5.32 Å². The first-order valence-corrected chi connectivity index (χ1v) is 7.12. The summed E-state index contributed by atoms with van der Waals surface area (Å²) in [5, 5.41) is 3.00. The van der Waals surface area contributed by atoms with Gasteiger partial charge in [0, 0.05) is 25.1 Å². The van der Waals surface area contributed by atoms with E-state index in [2.05, 4.69) is 27.8 Å². The van der Waals surface area contributed by atoms with Crippen LogP contribution in [-0.4, -0.2) is 33.4 Å². The molecule has 0 aliphatic rings. The van der Waals surface area contributed by atoms with E-state index in [0.29, 0.717) is 18.8 Å². The third-order valence-electron chi connectivity index (χ3n) is 1.99. The molecule has 0 aromatic carbocycles. The molecule has 1 heterocycles. The Labute approximate surface area is 110 Å². The zero-order chi connectivity index (χ0) is 13.1. The van der Waals surface area contributed by atoms with Gasteiger partial charge in [0.2, 0.25) is 5.09 Å². The summed E-state index contributed by atoms with van der Waals surface area (Å²) in [6.07, 6.45) is 0. The first-order chi connectivity index (χ1) is 7.84. The van der Waals surface area contributed by atoms with Crippen LogP contribution in [0.2, 0.25) is 0 Å². The van der Waals surface area contributed by atoms with Crippen molar-refractivity contribution >= 4 is 26.0 Å². The van der Waals surface area contributed by atoms with E-state index in [1.165, 1.54) is 20.2 Å². The first kappa shape index (κ1) is 14.4. The molecule has 1 aromatic heterocycles. The highest BCUT2D eigenvalue weighted by Gasteiger charge is 2.21. The number of sulfonamides is 1. The lowest BCUT2D eigenvalue weighted by molar-refractivity contribution is 0.391. The van der Waals surface area contributed by atoms with Gasteiger partial charge >= 0.3 is 0 Å². The molecule has 0 unspecified atom stereocenters. The Balaban J connectivity index is 2.69. The Morgan fingerprint density at radius 3 is 2.71 bits per heavy atom. The number of hydrogen-bond donors (Lipinski definition) is 1. The number of rotatable bonds is 6. The summed E-state index contributed by atoms with van der Waals surface area (Å²) in [4.78, 5) is 0. The van der Waals surface area contributed by atoms with Crippen LogP contribution in [0.25, 0.3) is 0 Å². The quantitative estimate of drug-likeness (QED) is 0.862. The Kier molecular flexibility index (Phi) is 4.93. The van der Waals surface area contributed by atoms with Gasteiger partial charge in [0.15, 0.2) is 0 Å². The minimum absolute atomic E-state index is 0.0445. The predicted octanol–water partition coefficient (Wildman–Crippen LogP) is 1.53. The summed E-state index contributed by atoms with van der Waals surface area (Å²) in [5.41, 5.74) is 0. The van der Waals surface area contributed by atoms with Gasteiger partial charge < -0.3 is 9.73 Å². The van der Waals surface area contributed by atoms with Crippen LogP contribution in [0.3, 0.4) is 0 Å². The SMILES string of the molecule is C=C(Br)CNCc1ccc(S(=O)(=O)N(C)C)o1. The van der Waals surface area contributed by atoms with E-state index in [-0.39, 0.29) is 5.09 Å². The number of hydrogen-bond acceptors (Lipinski definition) is 4. The van der Waals surface area contributed by atoms with Gasteiger partial charge in [0.25, 0.3) is 10.0 Å². The van der Waals surface area contributed by atoms with E-state index in [0.717, 1.165) is 8.79 Å². The number of nitrogens with zero attached hydrogens (tertiary/aromatic N) is 1. The second kappa shape index (κ2) is 5.81. The molecule has 7 heteroatoms. The van der Waals surface area contributed by atoms with Crippen molar-refractivity contribution in [3.05, 3.63) is 29.0 Å². The summed E-state index contributed by atoms with van der Waals surface area (Å²) in [5.74, 6) is 0.569. The van der Waals surface area contributed by atoms with Crippen LogP contribution in [0.15, 0.2) is 32.7 Å². The van der Waals surface area contributed by atoms with E-state index in [9.17, 15) is 8.42 Å². The molecule has 0 atom stereocenters. The fraction of sp³-hybridized carbons (Fsp3) is 0.400. The zero-order valence-corrected chi connectivity index (χ0v) is 12.1. The summed E-state index contributed by atoms with van der Waals surface area (Å²) in [6.45, 7) is 4.72. The minimum Gasteiger partial charge on any atom is -0.447 e. The van der Waals surface area contributed by atoms with Gasteiger partial charge in [-0.2, -0.15) is 0 Å². The van der Waals surface area contributed by atoms with E-state index in [1.54, 1.807) is 6.07 Å². The fourth-order valence-electron chi connectivity index (χ4n) is 1.09. The van der Waals surface area contributed by atoms with Crippen LogP contribution in [0.5, 0.6) is 0 Å². The van der Waals surface area contributed by atoms with E-state index in [1.807, 2.05) is 0 Å². The Hall–Kier alpha value is -0.630. The maximum atomic E-state index is 11.7. The van der Waals surface area contributed by atoms with Crippen LogP contribution in [0, 0.1) is 0 Å². The van der Waals surface area contributed by atoms with Gasteiger partial charge in [-0.3, -0.25) is 0 Å². The van der Waals surface area contributed by atoms with Gasteiger partial charge in [-0.05, 0) is 12.1 Å². The van der Waals surface area contributed by atoms with Crippen LogP contribution >= 0.6 is 15.9 Å². The molecule has 1 aromatic rings. The van der Waals surface area contributed by atoms with Gasteiger partial charge in [0.05, 0.1) is 6.54 Å². The van der Waals surface area contributed by atoms with Crippen LogP contribution in [-0.2, 0) is 16.6 Å². The second-order valence-corrected chi connectivity index (χ2v) is 6.83. The van der Waals surface area contributed by atoms with Crippen LogP contribution in [0.4, 0.5) is 0 Å². The van der Waals surface area contributed by atoms with Gasteiger partial charge in [0.1, 0.15) is 5.76 Å². The third kappa shape index (κ3) is 3.95. The van der Waals surface area contributed by atoms with E-state index < -0.39 is 10.0 Å². The largest absolute Gasteiger partial charge is 0.447 e. The van der Waals surface area contributed by atoms with E-state index in [4.69, 9.17) is 4.42 Å². The van der Waals surface area contributed by atoms with Gasteiger partial charge in [-0.15, -0.1) is 0 Å². The number of halogens is 1. The lowest BCUT2D eigenvalue weighted by atomic mass is 10.4. The summed E-state index contributed by atoms with van der Waals surface area (Å²) in [7, 11) is -0.560. The van der Waals surface area contributed by atoms with Crippen molar-refractivity contribution in [2.75, 3.05) is 20.6 Å². The van der Waals surface area contributed by atoms with Crippen molar-refractivity contribution in [2.45, 2.75) is 11.6 Å². The topological polar surface area (TPSA) is 62.6 Å². The number of nitrogens with one attached hydrogen (secondary N) is 1. The predicted molar refractivity (Wildman–Crippen MR) is 69.4 cm³/mol. The molecule has 5 nitrogen and oxygen atoms in total. The summed E-state index contributed by atoms with van der Waals surface area (Å²) in [6, 6.07) is 3.09. The summed E-state index contributed by atoms with van der Waals surface area (Å²) >= 11 is 3.21. The third-order valence-corrected chi connectivity index (χ3v) is 3.96. The maximum absolute atomic E-state index is 11.7. The molecule has 0 aliphatic heterocycles. The normalized spacial score (nSPS) is 12.0. The van der Waals surface area contributed by atoms with Gasteiger partial charge in [-0.1, -0.05) is 22.5 Å². The zero-order valence-electron chi connectivity index (χ0n) is 9.73. The monoisotopic (exact) mass is 322 g/mol. The Bertz CT molecular complexity index is 493. The minimum atomic E-state index is -3.49. The highest BCUT2D eigenvalue weighted by molar-refractivity contribution is 9.11. The van der Waals surface area contributed by atoms with Crippen molar-refractivity contribution in [3.8, 4) is 0 Å². The summed E-state index contributed by atoms with van der Waals surface area (Å²) < 4.78 is 30.6. The standard InChI is InChI=1S/C10H15BrN2O3S/c1-8(11)6-12-7-9-4-5-10(16-9)17(14,15)13(2)3/h4-5,12H,1,6-7H2,2-3H3.